The number of anilines is 1. The molecule has 2 rings (SSSR count). The molecule has 0 spiro atoms. The Hall–Kier alpha value is -2.56. The lowest BCUT2D eigenvalue weighted by Crippen LogP contribution is -2.29. The van der Waals surface area contributed by atoms with Crippen molar-refractivity contribution >= 4 is 11.6 Å². The first kappa shape index (κ1) is 13.9. The highest BCUT2D eigenvalue weighted by molar-refractivity contribution is 5.93. The summed E-state index contributed by atoms with van der Waals surface area (Å²) in [4.78, 5) is 15.9. The van der Waals surface area contributed by atoms with E-state index in [4.69, 9.17) is 10.5 Å². The summed E-state index contributed by atoms with van der Waals surface area (Å²) in [7, 11) is 0. The summed E-state index contributed by atoms with van der Waals surface area (Å²) in [5.74, 6) is 0.493. The highest BCUT2D eigenvalue weighted by Gasteiger charge is 2.08. The Bertz CT molecular complexity index is 599. The summed E-state index contributed by atoms with van der Waals surface area (Å²) < 4.78 is 5.49. The molecule has 104 valence electrons. The van der Waals surface area contributed by atoms with Crippen molar-refractivity contribution in [2.75, 3.05) is 18.9 Å². The summed E-state index contributed by atoms with van der Waals surface area (Å²) in [6, 6.07) is 10.8. The highest BCUT2D eigenvalue weighted by atomic mass is 16.5. The second-order valence-electron chi connectivity index (χ2n) is 4.35. The van der Waals surface area contributed by atoms with Crippen molar-refractivity contribution < 1.29 is 9.53 Å². The molecule has 0 unspecified atom stereocenters. The molecule has 0 fully saturated rings. The molecular weight excluding hydrogens is 254 g/mol. The third-order valence-electron chi connectivity index (χ3n) is 2.74. The van der Waals surface area contributed by atoms with Crippen molar-refractivity contribution in [2.45, 2.75) is 6.92 Å². The Morgan fingerprint density at radius 2 is 2.20 bits per heavy atom. The Morgan fingerprint density at radius 1 is 1.35 bits per heavy atom. The molecule has 3 N–H and O–H groups in total. The standard InChI is InChI=1S/C15H17N3O2/c1-11-4-3-7-17-14(11)15(19)18-8-9-20-13-6-2-5-12(16)10-13/h2-7,10H,8-9,16H2,1H3,(H,18,19). The number of carbonyl (C=O) groups excluding carboxylic acids is 1. The fraction of sp³-hybridized carbons (Fsp3) is 0.200. The summed E-state index contributed by atoms with van der Waals surface area (Å²) >= 11 is 0. The van der Waals surface area contributed by atoms with Gasteiger partial charge in [-0.05, 0) is 30.7 Å². The third kappa shape index (κ3) is 3.71. The molecule has 5 heteroatoms. The number of nitrogens with zero attached hydrogens (tertiary/aromatic N) is 1. The first-order chi connectivity index (χ1) is 9.66. The van der Waals surface area contributed by atoms with E-state index >= 15 is 0 Å². The minimum atomic E-state index is -0.195. The van der Waals surface area contributed by atoms with E-state index in [1.54, 1.807) is 24.4 Å². The van der Waals surface area contributed by atoms with E-state index in [1.807, 2.05) is 25.1 Å². The third-order valence-corrected chi connectivity index (χ3v) is 2.74. The molecule has 1 heterocycles. The summed E-state index contributed by atoms with van der Waals surface area (Å²) in [6.07, 6.45) is 1.60. The fourth-order valence-corrected chi connectivity index (χ4v) is 1.74. The molecule has 0 aliphatic heterocycles. The number of rotatable bonds is 5. The molecule has 20 heavy (non-hydrogen) atoms. The lowest BCUT2D eigenvalue weighted by Gasteiger charge is -2.08. The molecule has 0 bridgehead atoms. The molecule has 5 nitrogen and oxygen atoms in total. The summed E-state index contributed by atoms with van der Waals surface area (Å²) in [6.45, 7) is 2.63. The lowest BCUT2D eigenvalue weighted by atomic mass is 10.2. The number of aromatic nitrogens is 1. The number of nitrogens with two attached hydrogens (primary N) is 1. The predicted octanol–water partition coefficient (Wildman–Crippen LogP) is 1.78. The molecule has 2 aromatic rings. The number of nitrogens with one attached hydrogen (secondary N) is 1. The van der Waals surface area contributed by atoms with E-state index in [0.717, 1.165) is 5.56 Å². The Labute approximate surface area is 117 Å². The first-order valence-electron chi connectivity index (χ1n) is 6.35. The Morgan fingerprint density at radius 3 is 2.95 bits per heavy atom. The van der Waals surface area contributed by atoms with Crippen molar-refractivity contribution in [3.05, 3.63) is 53.9 Å². The van der Waals surface area contributed by atoms with E-state index in [2.05, 4.69) is 10.3 Å². The van der Waals surface area contributed by atoms with Gasteiger partial charge in [0, 0.05) is 18.0 Å². The van der Waals surface area contributed by atoms with E-state index in [9.17, 15) is 4.79 Å². The first-order valence-corrected chi connectivity index (χ1v) is 6.35. The van der Waals surface area contributed by atoms with E-state index in [-0.39, 0.29) is 5.91 Å². The number of hydrogen-bond donors (Lipinski definition) is 2. The van der Waals surface area contributed by atoms with Gasteiger partial charge in [-0.2, -0.15) is 0 Å². The maximum Gasteiger partial charge on any atom is 0.270 e. The van der Waals surface area contributed by atoms with E-state index < -0.39 is 0 Å². The van der Waals surface area contributed by atoms with Crippen molar-refractivity contribution in [1.82, 2.24) is 10.3 Å². The van der Waals surface area contributed by atoms with Crippen LogP contribution >= 0.6 is 0 Å². The monoisotopic (exact) mass is 271 g/mol. The van der Waals surface area contributed by atoms with Crippen LogP contribution in [0.5, 0.6) is 5.75 Å². The number of ether oxygens (including phenoxy) is 1. The molecule has 0 aliphatic carbocycles. The number of carbonyl (C=O) groups is 1. The molecular formula is C15H17N3O2. The number of benzene rings is 1. The van der Waals surface area contributed by atoms with Gasteiger partial charge in [0.25, 0.3) is 5.91 Å². The second kappa shape index (κ2) is 6.56. The van der Waals surface area contributed by atoms with Gasteiger partial charge < -0.3 is 15.8 Å². The summed E-state index contributed by atoms with van der Waals surface area (Å²) in [5.41, 5.74) is 7.58. The predicted molar refractivity (Wildman–Crippen MR) is 77.7 cm³/mol. The van der Waals surface area contributed by atoms with Crippen LogP contribution in [-0.4, -0.2) is 24.0 Å². The van der Waals surface area contributed by atoms with Gasteiger partial charge in [0.1, 0.15) is 18.1 Å². The molecule has 0 radical (unpaired) electrons. The quantitative estimate of drug-likeness (QED) is 0.642. The van der Waals surface area contributed by atoms with Crippen molar-refractivity contribution in [2.24, 2.45) is 0 Å². The molecule has 0 atom stereocenters. The Kier molecular flexibility index (Phi) is 4.55. The maximum atomic E-state index is 11.9. The Balaban J connectivity index is 1.79. The van der Waals surface area contributed by atoms with Crippen LogP contribution < -0.4 is 15.8 Å². The van der Waals surface area contributed by atoms with Crippen LogP contribution in [0.1, 0.15) is 16.1 Å². The van der Waals surface area contributed by atoms with E-state index in [0.29, 0.717) is 30.3 Å². The van der Waals surface area contributed by atoms with Crippen molar-refractivity contribution in [3.63, 3.8) is 0 Å². The van der Waals surface area contributed by atoms with Gasteiger partial charge in [0.05, 0.1) is 6.54 Å². The minimum Gasteiger partial charge on any atom is -0.492 e. The topological polar surface area (TPSA) is 77.2 Å². The molecule has 1 amide bonds. The fourth-order valence-electron chi connectivity index (χ4n) is 1.74. The van der Waals surface area contributed by atoms with Crippen LogP contribution in [0.15, 0.2) is 42.6 Å². The van der Waals surface area contributed by atoms with Gasteiger partial charge in [-0.1, -0.05) is 12.1 Å². The number of hydrogen-bond acceptors (Lipinski definition) is 4. The largest absolute Gasteiger partial charge is 0.492 e. The zero-order valence-corrected chi connectivity index (χ0v) is 11.3. The van der Waals surface area contributed by atoms with Crippen molar-refractivity contribution in [1.29, 1.82) is 0 Å². The zero-order chi connectivity index (χ0) is 14.4. The van der Waals surface area contributed by atoms with Gasteiger partial charge in [-0.3, -0.25) is 9.78 Å². The minimum absolute atomic E-state index is 0.195. The average Bonchev–Trinajstić information content (AvgIpc) is 2.44. The van der Waals surface area contributed by atoms with E-state index in [1.165, 1.54) is 0 Å². The van der Waals surface area contributed by atoms with Crippen LogP contribution in [0.25, 0.3) is 0 Å². The molecule has 0 saturated carbocycles. The zero-order valence-electron chi connectivity index (χ0n) is 11.3. The van der Waals surface area contributed by atoms with Gasteiger partial charge in [0.15, 0.2) is 0 Å². The van der Waals surface area contributed by atoms with Crippen LogP contribution in [0.3, 0.4) is 0 Å². The number of nitrogen functional groups attached to an aromatic ring is 1. The van der Waals surface area contributed by atoms with Crippen molar-refractivity contribution in [3.8, 4) is 5.75 Å². The molecule has 0 aliphatic rings. The van der Waals surface area contributed by atoms with Gasteiger partial charge in [-0.15, -0.1) is 0 Å². The maximum absolute atomic E-state index is 11.9. The average molecular weight is 271 g/mol. The number of pyridine rings is 1. The van der Waals surface area contributed by atoms with Crippen LogP contribution in [0, 0.1) is 6.92 Å². The second-order valence-corrected chi connectivity index (χ2v) is 4.35. The molecule has 1 aromatic heterocycles. The molecule has 0 saturated heterocycles. The van der Waals surface area contributed by atoms with Gasteiger partial charge in [-0.25, -0.2) is 0 Å². The van der Waals surface area contributed by atoms with Gasteiger partial charge in [0.2, 0.25) is 0 Å². The lowest BCUT2D eigenvalue weighted by molar-refractivity contribution is 0.0941. The SMILES string of the molecule is Cc1cccnc1C(=O)NCCOc1cccc(N)c1. The highest BCUT2D eigenvalue weighted by Crippen LogP contribution is 2.13. The van der Waals surface area contributed by atoms with Gasteiger partial charge >= 0.3 is 0 Å². The number of aryl methyl sites for hydroxylation is 1. The summed E-state index contributed by atoms with van der Waals surface area (Å²) in [5, 5.41) is 2.77. The smallest absolute Gasteiger partial charge is 0.270 e. The van der Waals surface area contributed by atoms with Crippen LogP contribution in [-0.2, 0) is 0 Å². The normalized spacial score (nSPS) is 10.1. The van der Waals surface area contributed by atoms with Crippen LogP contribution in [0.2, 0.25) is 0 Å². The molecule has 1 aromatic carbocycles. The van der Waals surface area contributed by atoms with Crippen LogP contribution in [0.4, 0.5) is 5.69 Å². The number of amides is 1.